The first-order valence-corrected chi connectivity index (χ1v) is 12.3. The predicted molar refractivity (Wildman–Crippen MR) is 115 cm³/mol. The maximum atomic E-state index is 12.8. The molecule has 0 radical (unpaired) electrons. The van der Waals surface area contributed by atoms with E-state index in [1.54, 1.807) is 36.4 Å². The number of nitrogens with one attached hydrogen (secondary N) is 1. The van der Waals surface area contributed by atoms with Crippen LogP contribution in [0, 0.1) is 17.8 Å². The van der Waals surface area contributed by atoms with Crippen molar-refractivity contribution in [1.29, 1.82) is 0 Å². The molecule has 0 amide bonds. The molecule has 1 N–H and O–H groups in total. The van der Waals surface area contributed by atoms with E-state index in [9.17, 15) is 8.42 Å². The van der Waals surface area contributed by atoms with Gasteiger partial charge in [0.05, 0.1) is 11.5 Å². The van der Waals surface area contributed by atoms with E-state index in [1.165, 1.54) is 44.1 Å². The van der Waals surface area contributed by atoms with Gasteiger partial charge in [-0.05, 0) is 111 Å². The molecule has 0 saturated heterocycles. The monoisotopic (exact) mass is 411 g/mol. The molecule has 0 aliphatic heterocycles. The quantitative estimate of drug-likeness (QED) is 0.697. The number of ether oxygens (including phenoxy) is 1. The molecule has 4 bridgehead atoms. The van der Waals surface area contributed by atoms with Crippen LogP contribution in [0.3, 0.4) is 0 Å². The van der Waals surface area contributed by atoms with Gasteiger partial charge in [-0.1, -0.05) is 12.1 Å². The summed E-state index contributed by atoms with van der Waals surface area (Å²) < 4.78 is 33.7. The van der Waals surface area contributed by atoms with E-state index in [1.807, 2.05) is 6.92 Å². The first-order valence-electron chi connectivity index (χ1n) is 10.8. The Morgan fingerprint density at radius 1 is 0.897 bits per heavy atom. The van der Waals surface area contributed by atoms with Crippen molar-refractivity contribution in [2.24, 2.45) is 17.8 Å². The van der Waals surface area contributed by atoms with E-state index < -0.39 is 10.0 Å². The second-order valence-electron chi connectivity index (χ2n) is 9.29. The minimum absolute atomic E-state index is 0.291. The highest BCUT2D eigenvalue weighted by Gasteiger charge is 2.51. The number of anilines is 1. The van der Waals surface area contributed by atoms with Crippen LogP contribution in [-0.2, 0) is 15.4 Å². The third-order valence-electron chi connectivity index (χ3n) is 7.23. The molecule has 154 valence electrons. The summed E-state index contributed by atoms with van der Waals surface area (Å²) in [5.41, 5.74) is 2.18. The normalized spacial score (nSPS) is 30.3. The first-order chi connectivity index (χ1) is 14.0. The van der Waals surface area contributed by atoms with Crippen LogP contribution in [-0.4, -0.2) is 15.0 Å². The fourth-order valence-electron chi connectivity index (χ4n) is 6.45. The van der Waals surface area contributed by atoms with Gasteiger partial charge in [-0.2, -0.15) is 0 Å². The number of hydrogen-bond donors (Lipinski definition) is 1. The van der Waals surface area contributed by atoms with Gasteiger partial charge in [-0.3, -0.25) is 4.72 Å². The average molecular weight is 412 g/mol. The highest BCUT2D eigenvalue weighted by Crippen LogP contribution is 2.60. The number of rotatable bonds is 6. The molecular formula is C24H29NO3S. The van der Waals surface area contributed by atoms with Crippen molar-refractivity contribution in [3.8, 4) is 5.75 Å². The molecule has 0 heterocycles. The van der Waals surface area contributed by atoms with Crippen molar-refractivity contribution in [3.05, 3.63) is 54.1 Å². The van der Waals surface area contributed by atoms with Crippen LogP contribution in [0.25, 0.3) is 0 Å². The topological polar surface area (TPSA) is 55.4 Å². The lowest BCUT2D eigenvalue weighted by Crippen LogP contribution is -2.48. The smallest absolute Gasteiger partial charge is 0.261 e. The van der Waals surface area contributed by atoms with E-state index in [4.69, 9.17) is 4.74 Å². The Kier molecular flexibility index (Phi) is 4.61. The van der Waals surface area contributed by atoms with Gasteiger partial charge in [-0.25, -0.2) is 8.42 Å². The second-order valence-corrected chi connectivity index (χ2v) is 11.0. The zero-order valence-corrected chi connectivity index (χ0v) is 17.8. The zero-order chi connectivity index (χ0) is 20.1. The lowest BCUT2D eigenvalue weighted by Gasteiger charge is -2.57. The molecule has 4 saturated carbocycles. The standard InChI is InChI=1S/C24H29NO3S/c1-2-28-22-7-5-21(6-8-22)25-29(26,27)23-9-3-20(4-10-23)24-14-17-11-18(15-24)13-19(12-17)16-24/h3-10,17-19,25H,2,11-16H2,1H3. The summed E-state index contributed by atoms with van der Waals surface area (Å²) in [5, 5.41) is 0. The van der Waals surface area contributed by atoms with Crippen molar-refractivity contribution in [2.75, 3.05) is 11.3 Å². The van der Waals surface area contributed by atoms with Gasteiger partial charge in [0.1, 0.15) is 5.75 Å². The van der Waals surface area contributed by atoms with Crippen LogP contribution < -0.4 is 9.46 Å². The largest absolute Gasteiger partial charge is 0.494 e. The third-order valence-corrected chi connectivity index (χ3v) is 8.63. The minimum atomic E-state index is -3.60. The van der Waals surface area contributed by atoms with Gasteiger partial charge in [0.15, 0.2) is 0 Å². The molecule has 0 aromatic heterocycles. The van der Waals surface area contributed by atoms with Crippen molar-refractivity contribution in [3.63, 3.8) is 0 Å². The van der Waals surface area contributed by atoms with E-state index in [-0.39, 0.29) is 0 Å². The SMILES string of the molecule is CCOc1ccc(NS(=O)(=O)c2ccc(C34CC5CC(CC(C5)C3)C4)cc2)cc1. The van der Waals surface area contributed by atoms with E-state index in [0.717, 1.165) is 23.5 Å². The summed E-state index contributed by atoms with van der Waals surface area (Å²) in [6.07, 6.45) is 8.10. The molecule has 2 aromatic rings. The van der Waals surface area contributed by atoms with Gasteiger partial charge in [0, 0.05) is 5.69 Å². The second kappa shape index (κ2) is 7.05. The highest BCUT2D eigenvalue weighted by atomic mass is 32.2. The molecule has 0 spiro atoms. The molecule has 29 heavy (non-hydrogen) atoms. The molecule has 6 rings (SSSR count). The summed E-state index contributed by atoms with van der Waals surface area (Å²) in [7, 11) is -3.60. The lowest BCUT2D eigenvalue weighted by molar-refractivity contribution is -0.00521. The summed E-state index contributed by atoms with van der Waals surface area (Å²) >= 11 is 0. The average Bonchev–Trinajstić information content (AvgIpc) is 2.69. The molecule has 2 aromatic carbocycles. The van der Waals surface area contributed by atoms with E-state index in [2.05, 4.69) is 16.9 Å². The Hall–Kier alpha value is -2.01. The van der Waals surface area contributed by atoms with Crippen LogP contribution in [0.5, 0.6) is 5.75 Å². The molecule has 4 aliphatic rings. The molecule has 4 aliphatic carbocycles. The summed E-state index contributed by atoms with van der Waals surface area (Å²) in [4.78, 5) is 0.319. The van der Waals surface area contributed by atoms with E-state index in [0.29, 0.717) is 22.6 Å². The Balaban J connectivity index is 1.34. The van der Waals surface area contributed by atoms with Gasteiger partial charge in [0.2, 0.25) is 0 Å². The highest BCUT2D eigenvalue weighted by molar-refractivity contribution is 7.92. The number of hydrogen-bond acceptors (Lipinski definition) is 3. The molecule has 5 heteroatoms. The molecule has 0 unspecified atom stereocenters. The molecular weight excluding hydrogens is 382 g/mol. The fraction of sp³-hybridized carbons (Fsp3) is 0.500. The fourth-order valence-corrected chi connectivity index (χ4v) is 7.51. The molecule has 4 fully saturated rings. The maximum Gasteiger partial charge on any atom is 0.261 e. The molecule has 4 nitrogen and oxygen atoms in total. The van der Waals surface area contributed by atoms with Crippen LogP contribution in [0.2, 0.25) is 0 Å². The van der Waals surface area contributed by atoms with Crippen molar-refractivity contribution < 1.29 is 13.2 Å². The van der Waals surface area contributed by atoms with Crippen LogP contribution in [0.4, 0.5) is 5.69 Å². The van der Waals surface area contributed by atoms with E-state index >= 15 is 0 Å². The third kappa shape index (κ3) is 3.54. The Labute approximate surface area is 173 Å². The van der Waals surface area contributed by atoms with Crippen LogP contribution in [0.15, 0.2) is 53.4 Å². The van der Waals surface area contributed by atoms with Gasteiger partial charge < -0.3 is 4.74 Å². The first kappa shape index (κ1) is 19.0. The lowest BCUT2D eigenvalue weighted by atomic mass is 9.48. The van der Waals surface area contributed by atoms with Gasteiger partial charge in [-0.15, -0.1) is 0 Å². The van der Waals surface area contributed by atoms with Gasteiger partial charge >= 0.3 is 0 Å². The Bertz CT molecular complexity index is 945. The summed E-state index contributed by atoms with van der Waals surface area (Å²) in [6.45, 7) is 2.50. The summed E-state index contributed by atoms with van der Waals surface area (Å²) in [5.74, 6) is 3.37. The van der Waals surface area contributed by atoms with Crippen molar-refractivity contribution in [1.82, 2.24) is 0 Å². The minimum Gasteiger partial charge on any atom is -0.494 e. The molecule has 0 atom stereocenters. The van der Waals surface area contributed by atoms with Crippen LogP contribution in [0.1, 0.15) is 51.0 Å². The Morgan fingerprint density at radius 2 is 1.45 bits per heavy atom. The van der Waals surface area contributed by atoms with Crippen LogP contribution >= 0.6 is 0 Å². The van der Waals surface area contributed by atoms with Crippen molar-refractivity contribution >= 4 is 15.7 Å². The van der Waals surface area contributed by atoms with Crippen molar-refractivity contribution in [2.45, 2.75) is 55.8 Å². The summed E-state index contributed by atoms with van der Waals surface area (Å²) in [6, 6.07) is 14.7. The maximum absolute atomic E-state index is 12.8. The predicted octanol–water partition coefficient (Wildman–Crippen LogP) is 5.35. The zero-order valence-electron chi connectivity index (χ0n) is 16.9. The Morgan fingerprint density at radius 3 is 1.97 bits per heavy atom. The number of sulfonamides is 1. The van der Waals surface area contributed by atoms with Gasteiger partial charge in [0.25, 0.3) is 10.0 Å². The number of benzene rings is 2.